The van der Waals surface area contributed by atoms with Crippen LogP contribution in [-0.2, 0) is 16.0 Å². The van der Waals surface area contributed by atoms with Gasteiger partial charge < -0.3 is 10.2 Å². The van der Waals surface area contributed by atoms with Crippen LogP contribution in [0.4, 0.5) is 10.8 Å². The average molecular weight is 417 g/mol. The number of para-hydroxylation sites is 1. The molecule has 1 saturated carbocycles. The number of benzene rings is 1. The first-order chi connectivity index (χ1) is 13.6. The number of hydrogen-bond acceptors (Lipinski definition) is 6. The van der Waals surface area contributed by atoms with Crippen LogP contribution in [0.25, 0.3) is 0 Å². The molecule has 6 nitrogen and oxygen atoms in total. The molecule has 4 rings (SSSR count). The lowest BCUT2D eigenvalue weighted by Crippen LogP contribution is -2.36. The molecule has 2 heterocycles. The Morgan fingerprint density at radius 2 is 2.00 bits per heavy atom. The van der Waals surface area contributed by atoms with Gasteiger partial charge in [-0.3, -0.25) is 9.59 Å². The molecule has 1 aromatic carbocycles. The number of rotatable bonds is 5. The molecule has 148 valence electrons. The van der Waals surface area contributed by atoms with E-state index in [9.17, 15) is 9.59 Å². The van der Waals surface area contributed by atoms with Crippen molar-refractivity contribution in [3.8, 4) is 0 Å². The highest BCUT2D eigenvalue weighted by Gasteiger charge is 2.30. The molecular formula is C20H24N4O2S2. The average Bonchev–Trinajstić information content (AvgIpc) is 3.29. The van der Waals surface area contributed by atoms with Crippen LogP contribution in [-0.4, -0.2) is 33.8 Å². The smallest absolute Gasteiger partial charge is 0.237 e. The second kappa shape index (κ2) is 8.61. The van der Waals surface area contributed by atoms with E-state index in [-0.39, 0.29) is 23.8 Å². The van der Waals surface area contributed by atoms with E-state index < -0.39 is 0 Å². The summed E-state index contributed by atoms with van der Waals surface area (Å²) in [5, 5.41) is 11.6. The Hall–Kier alpha value is -1.93. The van der Waals surface area contributed by atoms with Crippen molar-refractivity contribution < 1.29 is 9.59 Å². The minimum atomic E-state index is 0.0472. The molecule has 0 radical (unpaired) electrons. The summed E-state index contributed by atoms with van der Waals surface area (Å²) in [5.74, 6) is 0.521. The second-order valence-electron chi connectivity index (χ2n) is 7.43. The first-order valence-corrected chi connectivity index (χ1v) is 11.6. The Kier molecular flexibility index (Phi) is 5.96. The van der Waals surface area contributed by atoms with Crippen molar-refractivity contribution in [1.82, 2.24) is 10.2 Å². The fourth-order valence-electron chi connectivity index (χ4n) is 4.03. The first-order valence-electron chi connectivity index (χ1n) is 9.79. The predicted molar refractivity (Wildman–Crippen MR) is 113 cm³/mol. The molecule has 0 saturated heterocycles. The van der Waals surface area contributed by atoms with E-state index in [1.54, 1.807) is 0 Å². The Balaban J connectivity index is 1.32. The van der Waals surface area contributed by atoms with Crippen LogP contribution in [0.3, 0.4) is 0 Å². The summed E-state index contributed by atoms with van der Waals surface area (Å²) in [6.45, 7) is 2.08. The van der Waals surface area contributed by atoms with Gasteiger partial charge in [0.05, 0.1) is 5.75 Å². The van der Waals surface area contributed by atoms with Gasteiger partial charge in [-0.25, -0.2) is 0 Å². The number of amides is 2. The van der Waals surface area contributed by atoms with E-state index >= 15 is 0 Å². The first kappa shape index (κ1) is 19.4. The van der Waals surface area contributed by atoms with E-state index in [1.165, 1.54) is 35.1 Å². The Morgan fingerprint density at radius 3 is 2.82 bits per heavy atom. The third-order valence-electron chi connectivity index (χ3n) is 5.41. The maximum atomic E-state index is 12.8. The molecule has 1 unspecified atom stereocenters. The number of aromatic nitrogens is 2. The molecule has 2 amide bonds. The normalized spacial score (nSPS) is 19.5. The topological polar surface area (TPSA) is 75.2 Å². The van der Waals surface area contributed by atoms with Crippen LogP contribution >= 0.6 is 23.1 Å². The van der Waals surface area contributed by atoms with Crippen LogP contribution in [0, 0.1) is 5.92 Å². The van der Waals surface area contributed by atoms with Gasteiger partial charge in [-0.2, -0.15) is 0 Å². The lowest BCUT2D eigenvalue weighted by molar-refractivity contribution is -0.120. The van der Waals surface area contributed by atoms with Crippen LogP contribution in [0.1, 0.15) is 44.6 Å². The molecule has 0 spiro atoms. The molecule has 1 aliphatic carbocycles. The molecule has 2 aliphatic rings. The summed E-state index contributed by atoms with van der Waals surface area (Å²) in [6, 6.07) is 8.24. The van der Waals surface area contributed by atoms with Crippen molar-refractivity contribution in [1.29, 1.82) is 0 Å². The minimum absolute atomic E-state index is 0.0472. The standard InChI is InChI=1S/C20H24N4O2S2/c1-13-11-15-9-5-6-10-16(15)24(13)17(25)12-27-20-23-22-19(28-20)21-18(26)14-7-3-2-4-8-14/h5-6,9-10,13-14H,2-4,7-8,11-12H2,1H3,(H,21,22,26). The molecule has 1 aliphatic heterocycles. The maximum absolute atomic E-state index is 12.8. The van der Waals surface area contributed by atoms with Gasteiger partial charge in [-0.05, 0) is 37.8 Å². The van der Waals surface area contributed by atoms with Gasteiger partial charge in [-0.15, -0.1) is 10.2 Å². The number of thioether (sulfide) groups is 1. The van der Waals surface area contributed by atoms with Crippen molar-refractivity contribution in [3.05, 3.63) is 29.8 Å². The maximum Gasteiger partial charge on any atom is 0.237 e. The van der Waals surface area contributed by atoms with E-state index in [4.69, 9.17) is 0 Å². The van der Waals surface area contributed by atoms with Crippen LogP contribution < -0.4 is 10.2 Å². The monoisotopic (exact) mass is 416 g/mol. The van der Waals surface area contributed by atoms with Crippen molar-refractivity contribution >= 4 is 45.7 Å². The van der Waals surface area contributed by atoms with Gasteiger partial charge in [0.25, 0.3) is 0 Å². The number of fused-ring (bicyclic) bond motifs is 1. The Labute approximate surface area is 173 Å². The molecule has 8 heteroatoms. The van der Waals surface area contributed by atoms with Gasteiger partial charge in [0.1, 0.15) is 0 Å². The third kappa shape index (κ3) is 4.22. The van der Waals surface area contributed by atoms with E-state index in [0.29, 0.717) is 15.2 Å². The number of nitrogens with zero attached hydrogens (tertiary/aromatic N) is 3. The molecule has 1 N–H and O–H groups in total. The zero-order valence-electron chi connectivity index (χ0n) is 15.9. The third-order valence-corrected chi connectivity index (χ3v) is 7.36. The van der Waals surface area contributed by atoms with Gasteiger partial charge in [0.2, 0.25) is 16.9 Å². The highest BCUT2D eigenvalue weighted by Crippen LogP contribution is 2.33. The quantitative estimate of drug-likeness (QED) is 0.586. The van der Waals surface area contributed by atoms with E-state index in [0.717, 1.165) is 37.8 Å². The summed E-state index contributed by atoms with van der Waals surface area (Å²) in [6.07, 6.45) is 6.26. The fourth-order valence-corrected chi connectivity index (χ4v) is 5.64. The molecule has 0 bridgehead atoms. The van der Waals surface area contributed by atoms with Gasteiger partial charge in [-0.1, -0.05) is 60.6 Å². The summed E-state index contributed by atoms with van der Waals surface area (Å²) >= 11 is 2.71. The molecular weight excluding hydrogens is 392 g/mol. The van der Waals surface area contributed by atoms with E-state index in [2.05, 4.69) is 28.5 Å². The largest absolute Gasteiger partial charge is 0.308 e. The molecule has 28 heavy (non-hydrogen) atoms. The summed E-state index contributed by atoms with van der Waals surface area (Å²) < 4.78 is 0.701. The second-order valence-corrected chi connectivity index (χ2v) is 9.63. The minimum Gasteiger partial charge on any atom is -0.308 e. The Morgan fingerprint density at radius 1 is 1.21 bits per heavy atom. The van der Waals surface area contributed by atoms with E-state index in [1.807, 2.05) is 23.1 Å². The predicted octanol–water partition coefficient (Wildman–Crippen LogP) is 4.13. The fraction of sp³-hybridized carbons (Fsp3) is 0.500. The summed E-state index contributed by atoms with van der Waals surface area (Å²) in [5.41, 5.74) is 2.23. The highest BCUT2D eigenvalue weighted by atomic mass is 32.2. The van der Waals surface area contributed by atoms with Crippen molar-refractivity contribution in [2.45, 2.75) is 55.8 Å². The Bertz CT molecular complexity index is 863. The number of anilines is 2. The number of hydrogen-bond donors (Lipinski definition) is 1. The number of carbonyl (C=O) groups excluding carboxylic acids is 2. The highest BCUT2D eigenvalue weighted by molar-refractivity contribution is 8.01. The molecule has 1 aromatic heterocycles. The lowest BCUT2D eigenvalue weighted by atomic mass is 9.89. The number of carbonyl (C=O) groups is 2. The molecule has 1 atom stereocenters. The molecule has 2 aromatic rings. The van der Waals surface area contributed by atoms with Crippen LogP contribution in [0.2, 0.25) is 0 Å². The summed E-state index contributed by atoms with van der Waals surface area (Å²) in [4.78, 5) is 27.0. The van der Waals surface area contributed by atoms with Crippen molar-refractivity contribution in [2.24, 2.45) is 5.92 Å². The van der Waals surface area contributed by atoms with Crippen molar-refractivity contribution in [3.63, 3.8) is 0 Å². The zero-order chi connectivity index (χ0) is 19.5. The van der Waals surface area contributed by atoms with Gasteiger partial charge in [0.15, 0.2) is 4.34 Å². The van der Waals surface area contributed by atoms with Crippen LogP contribution in [0.5, 0.6) is 0 Å². The molecule has 1 fully saturated rings. The van der Waals surface area contributed by atoms with Gasteiger partial charge >= 0.3 is 0 Å². The SMILES string of the molecule is CC1Cc2ccccc2N1C(=O)CSc1nnc(NC(=O)C2CCCCC2)s1. The summed E-state index contributed by atoms with van der Waals surface area (Å²) in [7, 11) is 0. The van der Waals surface area contributed by atoms with Crippen molar-refractivity contribution in [2.75, 3.05) is 16.0 Å². The lowest BCUT2D eigenvalue weighted by Gasteiger charge is -2.22. The zero-order valence-corrected chi connectivity index (χ0v) is 17.5. The number of nitrogens with one attached hydrogen (secondary N) is 1. The van der Waals surface area contributed by atoms with Gasteiger partial charge in [0, 0.05) is 17.6 Å². The van der Waals surface area contributed by atoms with Crippen LogP contribution in [0.15, 0.2) is 28.6 Å².